The van der Waals surface area contributed by atoms with Gasteiger partial charge in [0.25, 0.3) is 0 Å². The summed E-state index contributed by atoms with van der Waals surface area (Å²) >= 11 is 4.30. The van der Waals surface area contributed by atoms with Gasteiger partial charge in [-0.3, -0.25) is 0 Å². The lowest BCUT2D eigenvalue weighted by atomic mass is 10.1. The molecule has 0 heterocycles. The van der Waals surface area contributed by atoms with Crippen LogP contribution in [-0.2, 0) is 0 Å². The van der Waals surface area contributed by atoms with Crippen LogP contribution in [-0.4, -0.2) is 30.3 Å². The van der Waals surface area contributed by atoms with Gasteiger partial charge in [0, 0.05) is 12.6 Å². The summed E-state index contributed by atoms with van der Waals surface area (Å²) in [7, 11) is 2.24. The summed E-state index contributed by atoms with van der Waals surface area (Å²) in [5.41, 5.74) is 0. The van der Waals surface area contributed by atoms with E-state index < -0.39 is 0 Å². The van der Waals surface area contributed by atoms with Crippen LogP contribution in [0, 0.1) is 11.8 Å². The first-order valence-electron chi connectivity index (χ1n) is 4.96. The van der Waals surface area contributed by atoms with Gasteiger partial charge in [-0.05, 0) is 44.4 Å². The maximum atomic E-state index is 4.30. The van der Waals surface area contributed by atoms with Crippen LogP contribution in [0.4, 0.5) is 0 Å². The quantitative estimate of drug-likeness (QED) is 0.646. The average Bonchev–Trinajstić information content (AvgIpc) is 2.85. The summed E-state index contributed by atoms with van der Waals surface area (Å²) in [6, 6.07) is 0.785. The first-order valence-corrected chi connectivity index (χ1v) is 5.59. The molecule has 0 amide bonds. The fourth-order valence-corrected chi connectivity index (χ4v) is 1.77. The van der Waals surface area contributed by atoms with Gasteiger partial charge in [-0.2, -0.15) is 12.6 Å². The number of thiol groups is 1. The Morgan fingerprint density at radius 1 is 1.42 bits per heavy atom. The van der Waals surface area contributed by atoms with Gasteiger partial charge in [-0.25, -0.2) is 0 Å². The number of hydrogen-bond donors (Lipinski definition) is 1. The standard InChI is InChI=1S/C10H21NS/c1-8(7-12)6-11(3)9(2)10-4-5-10/h8-10,12H,4-7H2,1-3H3. The molecule has 0 aromatic heterocycles. The molecule has 0 spiro atoms. The minimum Gasteiger partial charge on any atom is -0.303 e. The molecule has 1 fully saturated rings. The highest BCUT2D eigenvalue weighted by molar-refractivity contribution is 7.80. The summed E-state index contributed by atoms with van der Waals surface area (Å²) in [6.07, 6.45) is 2.89. The lowest BCUT2D eigenvalue weighted by Crippen LogP contribution is -2.34. The molecule has 1 rings (SSSR count). The van der Waals surface area contributed by atoms with Crippen LogP contribution in [0.15, 0.2) is 0 Å². The Kier molecular flexibility index (Phi) is 3.91. The van der Waals surface area contributed by atoms with Crippen molar-refractivity contribution in [2.75, 3.05) is 19.3 Å². The van der Waals surface area contributed by atoms with Crippen molar-refractivity contribution in [3.8, 4) is 0 Å². The Labute approximate surface area is 81.9 Å². The van der Waals surface area contributed by atoms with E-state index in [4.69, 9.17) is 0 Å². The molecular weight excluding hydrogens is 166 g/mol. The zero-order valence-corrected chi connectivity index (χ0v) is 9.35. The lowest BCUT2D eigenvalue weighted by molar-refractivity contribution is 0.212. The van der Waals surface area contributed by atoms with Crippen LogP contribution in [0.1, 0.15) is 26.7 Å². The zero-order valence-electron chi connectivity index (χ0n) is 8.45. The highest BCUT2D eigenvalue weighted by Crippen LogP contribution is 2.34. The molecule has 12 heavy (non-hydrogen) atoms. The number of hydrogen-bond acceptors (Lipinski definition) is 2. The molecule has 2 atom stereocenters. The van der Waals surface area contributed by atoms with Crippen molar-refractivity contribution in [3.63, 3.8) is 0 Å². The summed E-state index contributed by atoms with van der Waals surface area (Å²) < 4.78 is 0. The molecule has 0 aromatic carbocycles. The van der Waals surface area contributed by atoms with Gasteiger partial charge in [-0.15, -0.1) is 0 Å². The van der Waals surface area contributed by atoms with Gasteiger partial charge >= 0.3 is 0 Å². The molecule has 0 saturated heterocycles. The van der Waals surface area contributed by atoms with Crippen LogP contribution in [0.3, 0.4) is 0 Å². The molecular formula is C10H21NS. The third-order valence-corrected chi connectivity index (χ3v) is 3.53. The van der Waals surface area contributed by atoms with Crippen LogP contribution in [0.2, 0.25) is 0 Å². The highest BCUT2D eigenvalue weighted by Gasteiger charge is 2.30. The van der Waals surface area contributed by atoms with E-state index in [9.17, 15) is 0 Å². The Hall–Kier alpha value is 0.310. The predicted molar refractivity (Wildman–Crippen MR) is 57.8 cm³/mol. The maximum Gasteiger partial charge on any atom is 0.00922 e. The summed E-state index contributed by atoms with van der Waals surface area (Å²) in [6.45, 7) is 5.81. The SMILES string of the molecule is CC(CS)CN(C)C(C)C1CC1. The Morgan fingerprint density at radius 2 is 2.00 bits per heavy atom. The first-order chi connectivity index (χ1) is 5.65. The van der Waals surface area contributed by atoms with E-state index in [-0.39, 0.29) is 0 Å². The molecule has 1 aliphatic carbocycles. The zero-order chi connectivity index (χ0) is 9.14. The fourth-order valence-electron chi connectivity index (χ4n) is 1.65. The van der Waals surface area contributed by atoms with E-state index >= 15 is 0 Å². The molecule has 72 valence electrons. The van der Waals surface area contributed by atoms with Crippen LogP contribution < -0.4 is 0 Å². The Bertz CT molecular complexity index is 134. The second-order valence-electron chi connectivity index (χ2n) is 4.31. The number of rotatable bonds is 5. The number of nitrogens with zero attached hydrogens (tertiary/aromatic N) is 1. The summed E-state index contributed by atoms with van der Waals surface area (Å²) in [5, 5.41) is 0. The molecule has 2 heteroatoms. The predicted octanol–water partition coefficient (Wildman–Crippen LogP) is 2.28. The van der Waals surface area contributed by atoms with Gasteiger partial charge in [0.1, 0.15) is 0 Å². The summed E-state index contributed by atoms with van der Waals surface area (Å²) in [4.78, 5) is 2.48. The minimum atomic E-state index is 0.722. The second-order valence-corrected chi connectivity index (χ2v) is 4.67. The Morgan fingerprint density at radius 3 is 2.42 bits per heavy atom. The highest BCUT2D eigenvalue weighted by atomic mass is 32.1. The van der Waals surface area contributed by atoms with Crippen LogP contribution >= 0.6 is 12.6 Å². The van der Waals surface area contributed by atoms with Gasteiger partial charge in [0.15, 0.2) is 0 Å². The molecule has 0 N–H and O–H groups in total. The van der Waals surface area contributed by atoms with Crippen molar-refractivity contribution in [1.29, 1.82) is 0 Å². The van der Waals surface area contributed by atoms with Crippen molar-refractivity contribution >= 4 is 12.6 Å². The van der Waals surface area contributed by atoms with E-state index in [1.165, 1.54) is 19.4 Å². The minimum absolute atomic E-state index is 0.722. The Balaban J connectivity index is 2.21. The van der Waals surface area contributed by atoms with E-state index in [1.54, 1.807) is 0 Å². The van der Waals surface area contributed by atoms with Gasteiger partial charge in [-0.1, -0.05) is 6.92 Å². The van der Waals surface area contributed by atoms with E-state index in [1.807, 2.05) is 0 Å². The molecule has 1 nitrogen and oxygen atoms in total. The van der Waals surface area contributed by atoms with Crippen molar-refractivity contribution in [3.05, 3.63) is 0 Å². The van der Waals surface area contributed by atoms with Crippen molar-refractivity contribution in [1.82, 2.24) is 4.90 Å². The van der Waals surface area contributed by atoms with Gasteiger partial charge < -0.3 is 4.90 Å². The van der Waals surface area contributed by atoms with Crippen LogP contribution in [0.5, 0.6) is 0 Å². The van der Waals surface area contributed by atoms with Gasteiger partial charge in [0.05, 0.1) is 0 Å². The molecule has 2 unspecified atom stereocenters. The maximum absolute atomic E-state index is 4.30. The normalized spacial score (nSPS) is 22.8. The van der Waals surface area contributed by atoms with Crippen LogP contribution in [0.25, 0.3) is 0 Å². The fraction of sp³-hybridized carbons (Fsp3) is 1.00. The second kappa shape index (κ2) is 4.52. The molecule has 0 aromatic rings. The first kappa shape index (κ1) is 10.4. The van der Waals surface area contributed by atoms with Gasteiger partial charge in [0.2, 0.25) is 0 Å². The molecule has 0 radical (unpaired) electrons. The van der Waals surface area contributed by atoms with E-state index in [0.29, 0.717) is 0 Å². The molecule has 1 saturated carbocycles. The smallest absolute Gasteiger partial charge is 0.00922 e. The lowest BCUT2D eigenvalue weighted by Gasteiger charge is -2.26. The monoisotopic (exact) mass is 187 g/mol. The van der Waals surface area contributed by atoms with E-state index in [0.717, 1.165) is 23.6 Å². The molecule has 1 aliphatic rings. The largest absolute Gasteiger partial charge is 0.303 e. The molecule has 0 bridgehead atoms. The molecule has 0 aliphatic heterocycles. The third kappa shape index (κ3) is 2.98. The third-order valence-electron chi connectivity index (χ3n) is 2.91. The van der Waals surface area contributed by atoms with E-state index in [2.05, 4.69) is 38.4 Å². The average molecular weight is 187 g/mol. The van der Waals surface area contributed by atoms with Crippen molar-refractivity contribution in [2.24, 2.45) is 11.8 Å². The van der Waals surface area contributed by atoms with Crippen molar-refractivity contribution < 1.29 is 0 Å². The topological polar surface area (TPSA) is 3.24 Å². The summed E-state index contributed by atoms with van der Waals surface area (Å²) in [5.74, 6) is 2.71. The van der Waals surface area contributed by atoms with Crippen molar-refractivity contribution in [2.45, 2.75) is 32.7 Å².